The second kappa shape index (κ2) is 5.06. The fraction of sp³-hybridized carbons (Fsp3) is 0.933. The van der Waals surface area contributed by atoms with Crippen LogP contribution in [0.2, 0.25) is 0 Å². The number of nitrogens with zero attached hydrogens (tertiary/aromatic N) is 1. The first-order chi connectivity index (χ1) is 9.20. The van der Waals surface area contributed by atoms with Crippen LogP contribution in [-0.2, 0) is 9.53 Å². The average molecular weight is 266 g/mol. The number of hydrogen-bond donors (Lipinski definition) is 1. The van der Waals surface area contributed by atoms with Crippen LogP contribution in [0.25, 0.3) is 0 Å². The van der Waals surface area contributed by atoms with Gasteiger partial charge in [-0.25, -0.2) is 0 Å². The van der Waals surface area contributed by atoms with Gasteiger partial charge in [0.15, 0.2) is 0 Å². The number of hydrogen-bond acceptors (Lipinski definition) is 3. The van der Waals surface area contributed by atoms with Crippen LogP contribution in [0.5, 0.6) is 0 Å². The Morgan fingerprint density at radius 1 is 1.37 bits per heavy atom. The SMILES string of the molecule is CCCC1NC2(CCCC2)C(=O)N1C1CC(OC)C1. The lowest BCUT2D eigenvalue weighted by atomic mass is 9.86. The number of carbonyl (C=O) groups is 1. The third-order valence-corrected chi connectivity index (χ3v) is 5.24. The molecule has 1 spiro atoms. The fourth-order valence-corrected chi connectivity index (χ4v) is 4.04. The van der Waals surface area contributed by atoms with Crippen LogP contribution in [0.1, 0.15) is 58.3 Å². The molecule has 1 heterocycles. The molecule has 0 aromatic rings. The Morgan fingerprint density at radius 2 is 2.05 bits per heavy atom. The Hall–Kier alpha value is -0.610. The maximum Gasteiger partial charge on any atom is 0.244 e. The zero-order valence-corrected chi connectivity index (χ0v) is 12.2. The van der Waals surface area contributed by atoms with Gasteiger partial charge in [0.2, 0.25) is 5.91 Å². The predicted molar refractivity (Wildman–Crippen MR) is 73.7 cm³/mol. The van der Waals surface area contributed by atoms with E-state index in [1.807, 2.05) is 0 Å². The Labute approximate surface area is 115 Å². The van der Waals surface area contributed by atoms with Crippen molar-refractivity contribution in [2.24, 2.45) is 0 Å². The van der Waals surface area contributed by atoms with Gasteiger partial charge in [0.1, 0.15) is 0 Å². The summed E-state index contributed by atoms with van der Waals surface area (Å²) < 4.78 is 5.37. The molecule has 4 nitrogen and oxygen atoms in total. The number of carbonyl (C=O) groups excluding carboxylic acids is 1. The van der Waals surface area contributed by atoms with E-state index in [2.05, 4.69) is 17.1 Å². The van der Waals surface area contributed by atoms with E-state index in [1.165, 1.54) is 12.8 Å². The largest absolute Gasteiger partial charge is 0.381 e. The summed E-state index contributed by atoms with van der Waals surface area (Å²) in [5, 5.41) is 3.68. The second-order valence-electron chi connectivity index (χ2n) is 6.43. The minimum Gasteiger partial charge on any atom is -0.381 e. The normalized spacial score (nSPS) is 37.1. The highest BCUT2D eigenvalue weighted by Crippen LogP contribution is 2.41. The molecule has 3 aliphatic rings. The summed E-state index contributed by atoms with van der Waals surface area (Å²) in [4.78, 5) is 15.0. The molecule has 0 aromatic heterocycles. The molecule has 108 valence electrons. The first-order valence-corrected chi connectivity index (χ1v) is 7.83. The van der Waals surface area contributed by atoms with Crippen LogP contribution in [0.4, 0.5) is 0 Å². The third-order valence-electron chi connectivity index (χ3n) is 5.24. The molecule has 2 aliphatic carbocycles. The molecule has 0 aromatic carbocycles. The molecule has 0 bridgehead atoms. The molecule has 3 fully saturated rings. The zero-order valence-electron chi connectivity index (χ0n) is 12.2. The molecule has 1 atom stereocenters. The zero-order chi connectivity index (χ0) is 13.5. The number of ether oxygens (including phenoxy) is 1. The quantitative estimate of drug-likeness (QED) is 0.846. The van der Waals surface area contributed by atoms with Crippen LogP contribution in [-0.4, -0.2) is 41.8 Å². The average Bonchev–Trinajstić information content (AvgIpc) is 2.90. The van der Waals surface area contributed by atoms with Crippen LogP contribution in [0, 0.1) is 0 Å². The maximum absolute atomic E-state index is 12.9. The van der Waals surface area contributed by atoms with E-state index in [0.717, 1.165) is 38.5 Å². The molecule has 4 heteroatoms. The summed E-state index contributed by atoms with van der Waals surface area (Å²) in [7, 11) is 1.77. The monoisotopic (exact) mass is 266 g/mol. The van der Waals surface area contributed by atoms with Gasteiger partial charge in [-0.1, -0.05) is 26.2 Å². The molecule has 1 amide bonds. The third kappa shape index (κ3) is 2.09. The van der Waals surface area contributed by atoms with Gasteiger partial charge in [0.25, 0.3) is 0 Å². The van der Waals surface area contributed by atoms with Gasteiger partial charge in [-0.3, -0.25) is 10.1 Å². The molecule has 1 N–H and O–H groups in total. The summed E-state index contributed by atoms with van der Waals surface area (Å²) in [5.41, 5.74) is -0.210. The van der Waals surface area contributed by atoms with Crippen molar-refractivity contribution in [1.82, 2.24) is 10.2 Å². The minimum absolute atomic E-state index is 0.210. The van der Waals surface area contributed by atoms with Gasteiger partial charge in [-0.05, 0) is 32.1 Å². The molecule has 1 unspecified atom stereocenters. The van der Waals surface area contributed by atoms with Crippen molar-refractivity contribution in [1.29, 1.82) is 0 Å². The van der Waals surface area contributed by atoms with E-state index in [-0.39, 0.29) is 11.7 Å². The summed E-state index contributed by atoms with van der Waals surface area (Å²) in [6.45, 7) is 2.20. The summed E-state index contributed by atoms with van der Waals surface area (Å²) in [6.07, 6.45) is 9.29. The van der Waals surface area contributed by atoms with E-state index in [4.69, 9.17) is 4.74 Å². The van der Waals surface area contributed by atoms with Gasteiger partial charge in [0, 0.05) is 13.2 Å². The summed E-state index contributed by atoms with van der Waals surface area (Å²) >= 11 is 0. The molecule has 0 radical (unpaired) electrons. The molecule has 1 aliphatic heterocycles. The van der Waals surface area contributed by atoms with Gasteiger partial charge in [-0.2, -0.15) is 0 Å². The molecule has 2 saturated carbocycles. The van der Waals surface area contributed by atoms with Crippen LogP contribution in [0.15, 0.2) is 0 Å². The van der Waals surface area contributed by atoms with Crippen molar-refractivity contribution < 1.29 is 9.53 Å². The smallest absolute Gasteiger partial charge is 0.244 e. The van der Waals surface area contributed by atoms with Crippen molar-refractivity contribution in [2.45, 2.75) is 82.1 Å². The number of methoxy groups -OCH3 is 1. The summed E-state index contributed by atoms with van der Waals surface area (Å²) in [5.74, 6) is 0.378. The molecule has 1 saturated heterocycles. The molecular formula is C15H26N2O2. The van der Waals surface area contributed by atoms with Crippen molar-refractivity contribution in [3.63, 3.8) is 0 Å². The molecule has 3 rings (SSSR count). The van der Waals surface area contributed by atoms with Gasteiger partial charge >= 0.3 is 0 Å². The van der Waals surface area contributed by atoms with Crippen LogP contribution in [0.3, 0.4) is 0 Å². The second-order valence-corrected chi connectivity index (χ2v) is 6.43. The Kier molecular flexibility index (Phi) is 3.56. The van der Waals surface area contributed by atoms with E-state index in [1.54, 1.807) is 7.11 Å². The predicted octanol–water partition coefficient (Wildman–Crippen LogP) is 2.03. The highest BCUT2D eigenvalue weighted by Gasteiger charge is 2.55. The van der Waals surface area contributed by atoms with Crippen LogP contribution < -0.4 is 5.32 Å². The van der Waals surface area contributed by atoms with Crippen LogP contribution >= 0.6 is 0 Å². The van der Waals surface area contributed by atoms with Crippen molar-refractivity contribution in [3.05, 3.63) is 0 Å². The lowest BCUT2D eigenvalue weighted by Crippen LogP contribution is -2.53. The Balaban J connectivity index is 1.74. The van der Waals surface area contributed by atoms with Gasteiger partial charge < -0.3 is 9.64 Å². The first kappa shape index (κ1) is 13.4. The van der Waals surface area contributed by atoms with Crippen molar-refractivity contribution in [2.75, 3.05) is 7.11 Å². The lowest BCUT2D eigenvalue weighted by molar-refractivity contribution is -0.140. The topological polar surface area (TPSA) is 41.6 Å². The van der Waals surface area contributed by atoms with E-state index >= 15 is 0 Å². The standard InChI is InChI=1S/C15H26N2O2/c1-3-6-13-16-15(7-4-5-8-15)14(18)17(13)11-9-12(10-11)19-2/h11-13,16H,3-10H2,1-2H3. The molecule has 19 heavy (non-hydrogen) atoms. The Bertz CT molecular complexity index is 346. The van der Waals surface area contributed by atoms with Gasteiger partial charge in [0.05, 0.1) is 17.8 Å². The minimum atomic E-state index is -0.210. The van der Waals surface area contributed by atoms with Crippen molar-refractivity contribution >= 4 is 5.91 Å². The number of rotatable bonds is 4. The van der Waals surface area contributed by atoms with E-state index in [9.17, 15) is 4.79 Å². The highest BCUT2D eigenvalue weighted by molar-refractivity contribution is 5.89. The van der Waals surface area contributed by atoms with Crippen molar-refractivity contribution in [3.8, 4) is 0 Å². The van der Waals surface area contributed by atoms with E-state index in [0.29, 0.717) is 18.1 Å². The van der Waals surface area contributed by atoms with E-state index < -0.39 is 0 Å². The first-order valence-electron chi connectivity index (χ1n) is 7.83. The highest BCUT2D eigenvalue weighted by atomic mass is 16.5. The number of amides is 1. The fourth-order valence-electron chi connectivity index (χ4n) is 4.04. The maximum atomic E-state index is 12.9. The Morgan fingerprint density at radius 3 is 2.63 bits per heavy atom. The lowest BCUT2D eigenvalue weighted by Gasteiger charge is -2.42. The van der Waals surface area contributed by atoms with Gasteiger partial charge in [-0.15, -0.1) is 0 Å². The number of nitrogens with one attached hydrogen (secondary N) is 1. The summed E-state index contributed by atoms with van der Waals surface area (Å²) in [6, 6.07) is 0.404. The molecular weight excluding hydrogens is 240 g/mol.